The van der Waals surface area contributed by atoms with Gasteiger partial charge < -0.3 is 5.11 Å². The van der Waals surface area contributed by atoms with Crippen molar-refractivity contribution in [1.29, 1.82) is 0 Å². The second kappa shape index (κ2) is 4.87. The lowest BCUT2D eigenvalue weighted by Gasteiger charge is -2.07. The Bertz CT molecular complexity index is 671. The van der Waals surface area contributed by atoms with Crippen LogP contribution in [0.3, 0.4) is 0 Å². The Hall–Kier alpha value is -2.52. The van der Waals surface area contributed by atoms with Crippen molar-refractivity contribution in [1.82, 2.24) is 15.0 Å². The van der Waals surface area contributed by atoms with E-state index in [1.54, 1.807) is 0 Å². The average molecular weight is 293 g/mol. The Morgan fingerprint density at radius 2 is 1.55 bits per heavy atom. The van der Waals surface area contributed by atoms with Crippen molar-refractivity contribution >= 4 is 5.97 Å². The number of aromatic carboxylic acids is 1. The van der Waals surface area contributed by atoms with E-state index in [9.17, 15) is 26.7 Å². The van der Waals surface area contributed by atoms with Crippen LogP contribution in [0.25, 0.3) is 0 Å². The molecule has 0 saturated heterocycles. The monoisotopic (exact) mass is 293 g/mol. The van der Waals surface area contributed by atoms with Gasteiger partial charge in [0.1, 0.15) is 0 Å². The molecule has 5 nitrogen and oxygen atoms in total. The summed E-state index contributed by atoms with van der Waals surface area (Å²) in [5.74, 6) is -11.9. The molecule has 1 heterocycles. The molecule has 2 aromatic rings. The van der Waals surface area contributed by atoms with Gasteiger partial charge in [-0.1, -0.05) is 5.21 Å². The Balaban J connectivity index is 2.45. The molecule has 0 saturated carbocycles. The Morgan fingerprint density at radius 1 is 1.05 bits per heavy atom. The van der Waals surface area contributed by atoms with E-state index in [0.29, 0.717) is 4.68 Å². The highest BCUT2D eigenvalue weighted by Gasteiger charge is 2.26. The fourth-order valence-corrected chi connectivity index (χ4v) is 1.42. The van der Waals surface area contributed by atoms with Crippen LogP contribution >= 0.6 is 0 Å². The highest BCUT2D eigenvalue weighted by Crippen LogP contribution is 2.23. The second-order valence-corrected chi connectivity index (χ2v) is 3.65. The van der Waals surface area contributed by atoms with E-state index in [0.717, 1.165) is 6.20 Å². The van der Waals surface area contributed by atoms with Gasteiger partial charge in [0.05, 0.1) is 18.3 Å². The van der Waals surface area contributed by atoms with E-state index < -0.39 is 52.9 Å². The lowest BCUT2D eigenvalue weighted by Crippen LogP contribution is -2.11. The number of halogens is 5. The molecule has 106 valence electrons. The number of benzene rings is 1. The topological polar surface area (TPSA) is 68.0 Å². The van der Waals surface area contributed by atoms with Gasteiger partial charge in [-0.05, 0) is 0 Å². The van der Waals surface area contributed by atoms with Crippen LogP contribution in [0, 0.1) is 29.1 Å². The highest BCUT2D eigenvalue weighted by molar-refractivity contribution is 5.84. The summed E-state index contributed by atoms with van der Waals surface area (Å²) < 4.78 is 66.0. The summed E-state index contributed by atoms with van der Waals surface area (Å²) in [4.78, 5) is 10.5. The van der Waals surface area contributed by atoms with Gasteiger partial charge in [-0.25, -0.2) is 31.4 Å². The van der Waals surface area contributed by atoms with Crippen LogP contribution in [0.15, 0.2) is 6.20 Å². The maximum atomic E-state index is 13.4. The number of rotatable bonds is 3. The quantitative estimate of drug-likeness (QED) is 0.531. The van der Waals surface area contributed by atoms with Gasteiger partial charge in [0.15, 0.2) is 29.0 Å². The van der Waals surface area contributed by atoms with Gasteiger partial charge in [0.25, 0.3) is 0 Å². The zero-order valence-corrected chi connectivity index (χ0v) is 9.37. The van der Waals surface area contributed by atoms with Gasteiger partial charge in [-0.3, -0.25) is 0 Å². The number of carboxylic acids is 1. The molecule has 0 amide bonds. The van der Waals surface area contributed by atoms with Crippen molar-refractivity contribution in [2.45, 2.75) is 6.54 Å². The first-order valence-corrected chi connectivity index (χ1v) is 4.96. The Kier molecular flexibility index (Phi) is 3.38. The summed E-state index contributed by atoms with van der Waals surface area (Å²) in [6, 6.07) is 0. The zero-order valence-electron chi connectivity index (χ0n) is 9.37. The lowest BCUT2D eigenvalue weighted by atomic mass is 10.1. The third-order valence-electron chi connectivity index (χ3n) is 2.38. The van der Waals surface area contributed by atoms with Crippen molar-refractivity contribution in [3.05, 3.63) is 46.5 Å². The standard InChI is InChI=1S/C10H4F5N3O2/c11-5-3(6(12)8(14)9(15)7(5)13)1-18-2-4(10(19)20)16-17-18/h2H,1H2,(H,19,20). The van der Waals surface area contributed by atoms with Crippen molar-refractivity contribution in [3.8, 4) is 0 Å². The minimum absolute atomic E-state index is 0.533. The number of carbonyl (C=O) groups is 1. The van der Waals surface area contributed by atoms with Gasteiger partial charge in [-0.15, -0.1) is 5.10 Å². The molecule has 0 fully saturated rings. The summed E-state index contributed by atoms with van der Waals surface area (Å²) in [6.07, 6.45) is 0.792. The van der Waals surface area contributed by atoms with Crippen molar-refractivity contribution < 1.29 is 31.9 Å². The molecule has 0 bridgehead atoms. The fraction of sp³-hybridized carbons (Fsp3) is 0.100. The molecule has 0 atom stereocenters. The molecule has 0 radical (unpaired) electrons. The van der Waals surface area contributed by atoms with Gasteiger partial charge in [0.2, 0.25) is 5.82 Å². The van der Waals surface area contributed by atoms with Crippen LogP contribution in [0.2, 0.25) is 0 Å². The van der Waals surface area contributed by atoms with E-state index in [4.69, 9.17) is 5.11 Å². The van der Waals surface area contributed by atoms with Crippen molar-refractivity contribution in [2.24, 2.45) is 0 Å². The first kappa shape index (κ1) is 13.9. The van der Waals surface area contributed by atoms with Crippen LogP contribution in [0.4, 0.5) is 22.0 Å². The summed E-state index contributed by atoms with van der Waals surface area (Å²) in [6.45, 7) is -0.855. The Labute approximate surface area is 107 Å². The largest absolute Gasteiger partial charge is 0.476 e. The molecule has 0 spiro atoms. The molecule has 2 rings (SSSR count). The molecule has 10 heteroatoms. The predicted octanol–water partition coefficient (Wildman–Crippen LogP) is 1.72. The normalized spacial score (nSPS) is 10.8. The van der Waals surface area contributed by atoms with Crippen molar-refractivity contribution in [3.63, 3.8) is 0 Å². The number of hydrogen-bond acceptors (Lipinski definition) is 3. The third kappa shape index (κ3) is 2.19. The highest BCUT2D eigenvalue weighted by atomic mass is 19.2. The van der Waals surface area contributed by atoms with Crippen LogP contribution in [-0.2, 0) is 6.54 Å². The number of aromatic nitrogens is 3. The summed E-state index contributed by atoms with van der Waals surface area (Å²) in [7, 11) is 0. The number of nitrogens with zero attached hydrogens (tertiary/aromatic N) is 3. The lowest BCUT2D eigenvalue weighted by molar-refractivity contribution is 0.0690. The maximum Gasteiger partial charge on any atom is 0.358 e. The summed E-state index contributed by atoms with van der Waals surface area (Å²) >= 11 is 0. The van der Waals surface area contributed by atoms with E-state index in [2.05, 4.69) is 10.3 Å². The fourth-order valence-electron chi connectivity index (χ4n) is 1.42. The first-order valence-electron chi connectivity index (χ1n) is 4.96. The van der Waals surface area contributed by atoms with Crippen LogP contribution < -0.4 is 0 Å². The van der Waals surface area contributed by atoms with E-state index in [1.807, 2.05) is 0 Å². The third-order valence-corrected chi connectivity index (χ3v) is 2.38. The maximum absolute atomic E-state index is 13.4. The summed E-state index contributed by atoms with van der Waals surface area (Å²) in [5, 5.41) is 14.9. The molecule has 0 aliphatic rings. The molecule has 1 aromatic heterocycles. The average Bonchev–Trinajstić information content (AvgIpc) is 2.88. The van der Waals surface area contributed by atoms with Crippen LogP contribution in [-0.4, -0.2) is 26.1 Å². The molecular formula is C10H4F5N3O2. The minimum atomic E-state index is -2.27. The smallest absolute Gasteiger partial charge is 0.358 e. The number of hydrogen-bond donors (Lipinski definition) is 1. The van der Waals surface area contributed by atoms with E-state index in [1.165, 1.54) is 0 Å². The molecule has 1 N–H and O–H groups in total. The van der Waals surface area contributed by atoms with E-state index >= 15 is 0 Å². The second-order valence-electron chi connectivity index (χ2n) is 3.65. The van der Waals surface area contributed by atoms with Crippen molar-refractivity contribution in [2.75, 3.05) is 0 Å². The molecule has 0 aliphatic heterocycles. The number of carboxylic acid groups (broad SMARTS) is 1. The SMILES string of the molecule is O=C(O)c1cn(Cc2c(F)c(F)c(F)c(F)c2F)nn1. The molecule has 0 aliphatic carbocycles. The first-order chi connectivity index (χ1) is 9.32. The molecule has 1 aromatic carbocycles. The molecule has 0 unspecified atom stereocenters. The summed E-state index contributed by atoms with van der Waals surface area (Å²) in [5.41, 5.74) is -1.67. The molecule has 20 heavy (non-hydrogen) atoms. The van der Waals surface area contributed by atoms with Gasteiger partial charge in [-0.2, -0.15) is 0 Å². The van der Waals surface area contributed by atoms with Gasteiger partial charge >= 0.3 is 5.97 Å². The Morgan fingerprint density at radius 3 is 2.00 bits per heavy atom. The van der Waals surface area contributed by atoms with Crippen LogP contribution in [0.5, 0.6) is 0 Å². The zero-order chi connectivity index (χ0) is 15.0. The predicted molar refractivity (Wildman–Crippen MR) is 52.3 cm³/mol. The van der Waals surface area contributed by atoms with Gasteiger partial charge in [0, 0.05) is 0 Å². The minimum Gasteiger partial charge on any atom is -0.476 e. The van der Waals surface area contributed by atoms with Crippen LogP contribution in [0.1, 0.15) is 16.1 Å². The molecular weight excluding hydrogens is 289 g/mol. The van der Waals surface area contributed by atoms with E-state index in [-0.39, 0.29) is 0 Å².